The minimum Gasteiger partial charge on any atom is -0.478 e. The number of alkyl halides is 1. The molecule has 15 heteroatoms. The van der Waals surface area contributed by atoms with Crippen molar-refractivity contribution in [3.8, 4) is 11.1 Å². The van der Waals surface area contributed by atoms with Crippen molar-refractivity contribution in [2.24, 2.45) is 11.5 Å². The molecule has 0 unspecified atom stereocenters. The third-order valence-corrected chi connectivity index (χ3v) is 12.8. The number of benzene rings is 3. The van der Waals surface area contributed by atoms with E-state index in [0.717, 1.165) is 54.2 Å². The molecule has 0 saturated heterocycles. The maximum atomic E-state index is 14.8. The van der Waals surface area contributed by atoms with Crippen LogP contribution in [-0.4, -0.2) is 81.9 Å². The molecule has 1 aliphatic heterocycles. The minimum absolute atomic E-state index is 0.103. The number of aromatic amines is 1. The first-order valence-corrected chi connectivity index (χ1v) is 22.2. The molecule has 0 bridgehead atoms. The number of nitrogens with zero attached hydrogens (tertiary/aromatic N) is 2. The van der Waals surface area contributed by atoms with Crippen molar-refractivity contribution in [1.82, 2.24) is 30.8 Å². The van der Waals surface area contributed by atoms with E-state index in [9.17, 15) is 24.3 Å². The van der Waals surface area contributed by atoms with Crippen molar-refractivity contribution in [3.63, 3.8) is 0 Å². The molecule has 0 fully saturated rings. The number of para-hydroxylation sites is 1. The van der Waals surface area contributed by atoms with Crippen molar-refractivity contribution >= 4 is 68.9 Å². The maximum absolute atomic E-state index is 14.8. The van der Waals surface area contributed by atoms with Gasteiger partial charge in [0.1, 0.15) is 17.1 Å². The average molecular weight is 931 g/mol. The van der Waals surface area contributed by atoms with Gasteiger partial charge in [0.2, 0.25) is 17.7 Å². The average Bonchev–Trinajstić information content (AvgIpc) is 3.66. The van der Waals surface area contributed by atoms with Gasteiger partial charge >= 0.3 is 5.97 Å². The van der Waals surface area contributed by atoms with Crippen molar-refractivity contribution in [1.29, 1.82) is 0 Å². The Kier molecular flexibility index (Phi) is 15.5. The number of carbonyl (C=O) groups is 4. The second kappa shape index (κ2) is 20.9. The van der Waals surface area contributed by atoms with Crippen LogP contribution < -0.4 is 27.4 Å². The number of carboxylic acids is 1. The number of aromatic carboxylic acids is 1. The van der Waals surface area contributed by atoms with Crippen LogP contribution in [0, 0.1) is 0 Å². The summed E-state index contributed by atoms with van der Waals surface area (Å²) in [6, 6.07) is 19.9. The number of carboxylic acid groups (broad SMARTS) is 1. The molecule has 59 heavy (non-hydrogen) atoms. The first-order valence-electron chi connectivity index (χ1n) is 19.8. The zero-order valence-corrected chi connectivity index (χ0v) is 36.0. The van der Waals surface area contributed by atoms with Crippen LogP contribution in [0.15, 0.2) is 95.1 Å². The maximum Gasteiger partial charge on any atom is 0.335 e. The Morgan fingerprint density at radius 1 is 0.898 bits per heavy atom. The van der Waals surface area contributed by atoms with Crippen LogP contribution in [0.1, 0.15) is 64.7 Å². The first kappa shape index (κ1) is 43.8. The second-order valence-corrected chi connectivity index (χ2v) is 16.4. The number of hydrogen-bond donors (Lipinski definition) is 7. The largest absolute Gasteiger partial charge is 0.478 e. The smallest absolute Gasteiger partial charge is 0.335 e. The van der Waals surface area contributed by atoms with Crippen molar-refractivity contribution in [3.05, 3.63) is 113 Å². The highest BCUT2D eigenvalue weighted by atomic mass is 127. The number of H-pyrrole nitrogens is 1. The van der Waals surface area contributed by atoms with E-state index in [1.807, 2.05) is 54.7 Å². The standard InChI is InChI=1S/C44H51IN8O5S/c1-53-38(22-31-25-49-35-10-3-2-9-33(31)35)41(55)51-26-34-32(27-13-15-28(16-14-27)44(57)58)18-17-29(23-45)39(34)59-42-30(8-7-21-48-42)24-50-36(12-6-20-47)40(54)52-37(43(53)56)11-4-5-19-46/h2-3,7-10,13-18,21,25,36-38,49-50H,4-6,11-12,19-20,22-24,26,46-47H2,1H3,(H,51,55)(H,52,54)(H,57,58)/t36-,37-,38-/m0/s1. The molecule has 3 atom stereocenters. The number of likely N-dealkylation sites (N-methyl/N-ethyl adjacent to an activating group) is 1. The third kappa shape index (κ3) is 10.7. The van der Waals surface area contributed by atoms with Crippen LogP contribution in [0.5, 0.6) is 0 Å². The molecule has 5 aromatic rings. The summed E-state index contributed by atoms with van der Waals surface area (Å²) in [6.45, 7) is 1.25. The highest BCUT2D eigenvalue weighted by molar-refractivity contribution is 14.1. The summed E-state index contributed by atoms with van der Waals surface area (Å²) in [6.07, 6.45) is 6.45. The monoisotopic (exact) mass is 930 g/mol. The number of hydrogen-bond acceptors (Lipinski definition) is 9. The number of unbranched alkanes of at least 4 members (excludes halogenated alkanes) is 1. The lowest BCUT2D eigenvalue weighted by Gasteiger charge is -2.32. The van der Waals surface area contributed by atoms with Crippen LogP contribution in [0.3, 0.4) is 0 Å². The highest BCUT2D eigenvalue weighted by Crippen LogP contribution is 2.40. The molecule has 6 rings (SSSR count). The molecule has 0 radical (unpaired) electrons. The molecule has 310 valence electrons. The van der Waals surface area contributed by atoms with Crippen molar-refractivity contribution in [2.75, 3.05) is 20.1 Å². The molecule has 0 spiro atoms. The molecule has 0 aliphatic carbocycles. The van der Waals surface area contributed by atoms with Gasteiger partial charge in [-0.25, -0.2) is 9.78 Å². The van der Waals surface area contributed by atoms with E-state index in [0.29, 0.717) is 56.2 Å². The van der Waals surface area contributed by atoms with E-state index in [1.165, 1.54) is 16.7 Å². The number of rotatable bonds is 12. The van der Waals surface area contributed by atoms with E-state index in [-0.39, 0.29) is 36.3 Å². The second-order valence-electron chi connectivity index (χ2n) is 14.6. The number of amides is 3. The molecule has 3 aromatic carbocycles. The fraction of sp³-hybridized carbons (Fsp3) is 0.341. The zero-order chi connectivity index (χ0) is 41.9. The predicted molar refractivity (Wildman–Crippen MR) is 239 cm³/mol. The number of nitrogens with one attached hydrogen (secondary N) is 4. The molecular weight excluding hydrogens is 880 g/mol. The van der Waals surface area contributed by atoms with Crippen molar-refractivity contribution in [2.45, 2.75) is 84.1 Å². The predicted octanol–water partition coefficient (Wildman–Crippen LogP) is 5.52. The molecule has 9 N–H and O–H groups in total. The van der Waals surface area contributed by atoms with Gasteiger partial charge in [0.15, 0.2) is 0 Å². The van der Waals surface area contributed by atoms with Gasteiger partial charge in [0.05, 0.1) is 11.6 Å². The van der Waals surface area contributed by atoms with Crippen LogP contribution in [-0.2, 0) is 38.3 Å². The van der Waals surface area contributed by atoms with Gasteiger partial charge in [-0.3, -0.25) is 14.4 Å². The summed E-state index contributed by atoms with van der Waals surface area (Å²) in [4.78, 5) is 65.8. The normalized spacial score (nSPS) is 18.1. The van der Waals surface area contributed by atoms with Crippen LogP contribution in [0.2, 0.25) is 0 Å². The minimum atomic E-state index is -1.02. The highest BCUT2D eigenvalue weighted by Gasteiger charge is 2.34. The Labute approximate surface area is 362 Å². The topological polar surface area (TPSA) is 209 Å². The number of nitrogens with two attached hydrogens (primary N) is 2. The summed E-state index contributed by atoms with van der Waals surface area (Å²) in [5, 5.41) is 21.0. The van der Waals surface area contributed by atoms with Gasteiger partial charge in [0, 0.05) is 59.2 Å². The van der Waals surface area contributed by atoms with Gasteiger partial charge in [-0.05, 0) is 103 Å². The van der Waals surface area contributed by atoms with Gasteiger partial charge in [-0.1, -0.05) is 82.9 Å². The third-order valence-electron chi connectivity index (χ3n) is 10.7. The number of aromatic nitrogens is 2. The molecule has 3 amide bonds. The fourth-order valence-electron chi connectivity index (χ4n) is 7.40. The molecule has 1 aliphatic rings. The van der Waals surface area contributed by atoms with Gasteiger partial charge in [0.25, 0.3) is 0 Å². The summed E-state index contributed by atoms with van der Waals surface area (Å²) >= 11 is 3.82. The quantitative estimate of drug-likeness (QED) is 0.0473. The van der Waals surface area contributed by atoms with Gasteiger partial charge < -0.3 is 42.4 Å². The van der Waals surface area contributed by atoms with Crippen LogP contribution >= 0.6 is 34.4 Å². The van der Waals surface area contributed by atoms with E-state index >= 15 is 0 Å². The van der Waals surface area contributed by atoms with Crippen LogP contribution in [0.4, 0.5) is 0 Å². The van der Waals surface area contributed by atoms with Gasteiger partial charge in [-0.2, -0.15) is 0 Å². The van der Waals surface area contributed by atoms with Crippen LogP contribution in [0.25, 0.3) is 22.0 Å². The lowest BCUT2D eigenvalue weighted by Crippen LogP contribution is -2.57. The summed E-state index contributed by atoms with van der Waals surface area (Å²) in [7, 11) is 1.62. The first-order chi connectivity index (χ1) is 28.6. The Morgan fingerprint density at radius 3 is 2.41 bits per heavy atom. The Morgan fingerprint density at radius 2 is 1.66 bits per heavy atom. The molecule has 3 heterocycles. The molecule has 2 aromatic heterocycles. The molecule has 0 saturated carbocycles. The summed E-state index contributed by atoms with van der Waals surface area (Å²) < 4.78 is 0.660. The Balaban J connectivity index is 1.49. The zero-order valence-electron chi connectivity index (χ0n) is 33.0. The summed E-state index contributed by atoms with van der Waals surface area (Å²) in [5.74, 6) is -2.10. The molecular formula is C44H51IN8O5S. The molecule has 13 nitrogen and oxygen atoms in total. The fourth-order valence-corrected chi connectivity index (χ4v) is 9.45. The number of pyridine rings is 1. The Bertz CT molecular complexity index is 2270. The summed E-state index contributed by atoms with van der Waals surface area (Å²) in [5.41, 5.74) is 18.0. The lowest BCUT2D eigenvalue weighted by atomic mass is 9.96. The number of fused-ring (bicyclic) bond motifs is 3. The van der Waals surface area contributed by atoms with Crippen molar-refractivity contribution < 1.29 is 24.3 Å². The number of carbonyl (C=O) groups excluding carboxylic acids is 3. The number of halogens is 1. The van der Waals surface area contributed by atoms with Gasteiger partial charge in [-0.15, -0.1) is 0 Å². The SMILES string of the molecule is CN1C(=O)[C@H](CCCCN)NC(=O)[C@H](CCCN)NCc2cccnc2Sc2c(CI)ccc(-c3ccc(C(=O)O)cc3)c2CNC(=O)[C@@H]1Cc1c[nH]c2ccccc12. The lowest BCUT2D eigenvalue weighted by molar-refractivity contribution is -0.142. The van der Waals surface area contributed by atoms with E-state index in [1.54, 1.807) is 37.5 Å². The Hall–Kier alpha value is -4.81. The van der Waals surface area contributed by atoms with E-state index in [2.05, 4.69) is 43.5 Å². The van der Waals surface area contributed by atoms with E-state index in [4.69, 9.17) is 16.5 Å². The van der Waals surface area contributed by atoms with E-state index < -0.39 is 24.1 Å².